The van der Waals surface area contributed by atoms with Crippen molar-refractivity contribution in [2.24, 2.45) is 5.92 Å². The molecule has 2 amide bonds. The fourth-order valence-corrected chi connectivity index (χ4v) is 2.83. The Bertz CT molecular complexity index is 652. The van der Waals surface area contributed by atoms with Crippen LogP contribution in [0.2, 0.25) is 0 Å². The van der Waals surface area contributed by atoms with E-state index < -0.39 is 12.1 Å². The van der Waals surface area contributed by atoms with Crippen LogP contribution in [0.1, 0.15) is 56.0 Å². The van der Waals surface area contributed by atoms with Crippen LogP contribution < -0.4 is 10.6 Å². The van der Waals surface area contributed by atoms with Gasteiger partial charge in [-0.1, -0.05) is 39.8 Å². The van der Waals surface area contributed by atoms with Gasteiger partial charge in [0.15, 0.2) is 5.78 Å². The van der Waals surface area contributed by atoms with Gasteiger partial charge in [0.05, 0.1) is 6.61 Å². The van der Waals surface area contributed by atoms with E-state index in [-0.39, 0.29) is 36.7 Å². The van der Waals surface area contributed by atoms with Crippen molar-refractivity contribution in [3.05, 3.63) is 35.4 Å². The molecule has 1 unspecified atom stereocenters. The number of Topliss-reactive ketones (excluding diaryl/α,β-unsaturated/α-hetero) is 1. The molecule has 2 rings (SSSR count). The SMILES string of the molecule is CC(C)C[C@H](NC(=O)c1ccc(C(C)C)cc1)C(=O)NC1COCC1=O. The molecule has 6 heteroatoms. The minimum absolute atomic E-state index is 0.0222. The summed E-state index contributed by atoms with van der Waals surface area (Å²) in [7, 11) is 0. The Kier molecular flexibility index (Phi) is 6.91. The number of hydrogen-bond donors (Lipinski definition) is 2. The number of benzene rings is 1. The van der Waals surface area contributed by atoms with Crippen molar-refractivity contribution >= 4 is 17.6 Å². The Morgan fingerprint density at radius 2 is 1.81 bits per heavy atom. The normalized spacial score (nSPS) is 18.2. The Balaban J connectivity index is 2.04. The lowest BCUT2D eigenvalue weighted by molar-refractivity contribution is -0.127. The van der Waals surface area contributed by atoms with Gasteiger partial charge >= 0.3 is 0 Å². The summed E-state index contributed by atoms with van der Waals surface area (Å²) in [4.78, 5) is 36.8. The molecular formula is C20H28N2O4. The molecule has 26 heavy (non-hydrogen) atoms. The molecule has 1 aliphatic heterocycles. The van der Waals surface area contributed by atoms with Gasteiger partial charge < -0.3 is 15.4 Å². The summed E-state index contributed by atoms with van der Waals surface area (Å²) in [6.07, 6.45) is 0.490. The van der Waals surface area contributed by atoms with Crippen molar-refractivity contribution in [3.8, 4) is 0 Å². The molecule has 0 aromatic heterocycles. The van der Waals surface area contributed by atoms with Crippen LogP contribution in [0.5, 0.6) is 0 Å². The Morgan fingerprint density at radius 3 is 2.31 bits per heavy atom. The molecule has 1 heterocycles. The topological polar surface area (TPSA) is 84.5 Å². The predicted octanol–water partition coefficient (Wildman–Crippen LogP) is 2.04. The first-order valence-corrected chi connectivity index (χ1v) is 9.09. The number of ether oxygens (including phenoxy) is 1. The molecule has 0 saturated carbocycles. The largest absolute Gasteiger partial charge is 0.371 e. The highest BCUT2D eigenvalue weighted by molar-refractivity contribution is 5.98. The number of carbonyl (C=O) groups excluding carboxylic acids is 3. The first-order valence-electron chi connectivity index (χ1n) is 9.09. The van der Waals surface area contributed by atoms with Gasteiger partial charge in [0.2, 0.25) is 5.91 Å². The summed E-state index contributed by atoms with van der Waals surface area (Å²) in [6, 6.07) is 6.06. The molecule has 2 atom stereocenters. The van der Waals surface area contributed by atoms with E-state index in [2.05, 4.69) is 24.5 Å². The number of nitrogens with one attached hydrogen (secondary N) is 2. The zero-order chi connectivity index (χ0) is 19.3. The average molecular weight is 360 g/mol. The van der Waals surface area contributed by atoms with E-state index in [1.54, 1.807) is 12.1 Å². The number of amides is 2. The highest BCUT2D eigenvalue weighted by atomic mass is 16.5. The summed E-state index contributed by atoms with van der Waals surface area (Å²) in [6.45, 7) is 8.34. The molecule has 0 bridgehead atoms. The first-order chi connectivity index (χ1) is 12.3. The van der Waals surface area contributed by atoms with E-state index in [1.807, 2.05) is 26.0 Å². The maximum absolute atomic E-state index is 12.6. The van der Waals surface area contributed by atoms with E-state index in [4.69, 9.17) is 4.74 Å². The molecular weight excluding hydrogens is 332 g/mol. The zero-order valence-corrected chi connectivity index (χ0v) is 15.9. The highest BCUT2D eigenvalue weighted by Crippen LogP contribution is 2.15. The van der Waals surface area contributed by atoms with Gasteiger partial charge in [0.1, 0.15) is 18.7 Å². The van der Waals surface area contributed by atoms with Crippen LogP contribution in [0.15, 0.2) is 24.3 Å². The van der Waals surface area contributed by atoms with E-state index in [9.17, 15) is 14.4 Å². The third-order valence-corrected chi connectivity index (χ3v) is 4.40. The average Bonchev–Trinajstić information content (AvgIpc) is 2.98. The van der Waals surface area contributed by atoms with Crippen LogP contribution in [-0.2, 0) is 14.3 Å². The minimum atomic E-state index is -0.694. The Morgan fingerprint density at radius 1 is 1.15 bits per heavy atom. The summed E-state index contributed by atoms with van der Waals surface area (Å²) in [5, 5.41) is 5.49. The molecule has 1 fully saturated rings. The van der Waals surface area contributed by atoms with Gasteiger partial charge in [0, 0.05) is 5.56 Å². The number of ketones is 1. The van der Waals surface area contributed by atoms with Gasteiger partial charge in [0.25, 0.3) is 5.91 Å². The number of hydrogen-bond acceptors (Lipinski definition) is 4. The molecule has 1 aliphatic rings. The highest BCUT2D eigenvalue weighted by Gasteiger charge is 2.30. The second-order valence-corrected chi connectivity index (χ2v) is 7.47. The zero-order valence-electron chi connectivity index (χ0n) is 15.9. The number of carbonyl (C=O) groups is 3. The molecule has 0 aliphatic carbocycles. The first kappa shape index (κ1) is 20.1. The lowest BCUT2D eigenvalue weighted by Gasteiger charge is -2.21. The maximum atomic E-state index is 12.6. The molecule has 0 spiro atoms. The predicted molar refractivity (Wildman–Crippen MR) is 99.0 cm³/mol. The molecule has 1 aromatic carbocycles. The van der Waals surface area contributed by atoms with Crippen molar-refractivity contribution in [2.75, 3.05) is 13.2 Å². The summed E-state index contributed by atoms with van der Waals surface area (Å²) in [5.41, 5.74) is 1.66. The van der Waals surface area contributed by atoms with Crippen LogP contribution in [-0.4, -0.2) is 42.9 Å². The van der Waals surface area contributed by atoms with E-state index in [1.165, 1.54) is 0 Å². The van der Waals surface area contributed by atoms with Gasteiger partial charge in [-0.2, -0.15) is 0 Å². The third-order valence-electron chi connectivity index (χ3n) is 4.40. The van der Waals surface area contributed by atoms with E-state index in [0.29, 0.717) is 17.9 Å². The van der Waals surface area contributed by atoms with Crippen LogP contribution >= 0.6 is 0 Å². The quantitative estimate of drug-likeness (QED) is 0.779. The van der Waals surface area contributed by atoms with Gasteiger partial charge in [-0.25, -0.2) is 0 Å². The van der Waals surface area contributed by atoms with E-state index >= 15 is 0 Å². The summed E-state index contributed by atoms with van der Waals surface area (Å²) < 4.78 is 5.06. The molecule has 1 aromatic rings. The second kappa shape index (κ2) is 8.94. The minimum Gasteiger partial charge on any atom is -0.371 e. The monoisotopic (exact) mass is 360 g/mol. The Labute approximate surface area is 154 Å². The molecule has 0 radical (unpaired) electrons. The van der Waals surface area contributed by atoms with E-state index in [0.717, 1.165) is 5.56 Å². The molecule has 6 nitrogen and oxygen atoms in total. The van der Waals surface area contributed by atoms with Crippen LogP contribution in [0.3, 0.4) is 0 Å². The van der Waals surface area contributed by atoms with Crippen LogP contribution in [0, 0.1) is 5.92 Å². The fraction of sp³-hybridized carbons (Fsp3) is 0.550. The van der Waals surface area contributed by atoms with Crippen molar-refractivity contribution in [3.63, 3.8) is 0 Å². The maximum Gasteiger partial charge on any atom is 0.251 e. The molecule has 142 valence electrons. The fourth-order valence-electron chi connectivity index (χ4n) is 2.83. The smallest absolute Gasteiger partial charge is 0.251 e. The number of rotatable bonds is 7. The molecule has 2 N–H and O–H groups in total. The lowest BCUT2D eigenvalue weighted by atomic mass is 10.00. The second-order valence-electron chi connectivity index (χ2n) is 7.47. The standard InChI is InChI=1S/C20H28N2O4/c1-12(2)9-16(20(25)22-17-10-26-11-18(17)23)21-19(24)15-7-5-14(6-8-15)13(3)4/h5-8,12-13,16-17H,9-11H2,1-4H3,(H,21,24)(H,22,25)/t16-,17?/m0/s1. The molecule has 1 saturated heterocycles. The van der Waals surface area contributed by atoms with Crippen LogP contribution in [0.4, 0.5) is 0 Å². The van der Waals surface area contributed by atoms with Gasteiger partial charge in [-0.3, -0.25) is 14.4 Å². The van der Waals surface area contributed by atoms with Crippen molar-refractivity contribution in [1.29, 1.82) is 0 Å². The third kappa shape index (κ3) is 5.39. The van der Waals surface area contributed by atoms with Crippen molar-refractivity contribution in [2.45, 2.75) is 52.1 Å². The Hall–Kier alpha value is -2.21. The summed E-state index contributed by atoms with van der Waals surface area (Å²) in [5.74, 6) is -0.190. The summed E-state index contributed by atoms with van der Waals surface area (Å²) >= 11 is 0. The van der Waals surface area contributed by atoms with Gasteiger partial charge in [-0.05, 0) is 36.0 Å². The lowest BCUT2D eigenvalue weighted by Crippen LogP contribution is -2.52. The van der Waals surface area contributed by atoms with Crippen molar-refractivity contribution in [1.82, 2.24) is 10.6 Å². The van der Waals surface area contributed by atoms with Crippen LogP contribution in [0.25, 0.3) is 0 Å². The van der Waals surface area contributed by atoms with Gasteiger partial charge in [-0.15, -0.1) is 0 Å². The van der Waals surface area contributed by atoms with Crippen molar-refractivity contribution < 1.29 is 19.1 Å².